The zero-order chi connectivity index (χ0) is 9.14. The fourth-order valence-electron chi connectivity index (χ4n) is 0.880. The molecular weight excluding hydrogens is 158 g/mol. The highest BCUT2D eigenvalue weighted by molar-refractivity contribution is 4.93. The summed E-state index contributed by atoms with van der Waals surface area (Å²) in [5.41, 5.74) is 0.929. The summed E-state index contributed by atoms with van der Waals surface area (Å²) in [7, 11) is 0. The molecular formula is C7H11N3O2. The first-order chi connectivity index (χ1) is 5.65. The molecule has 0 atom stereocenters. The fraction of sp³-hybridized carbons (Fsp3) is 0.429. The van der Waals surface area contributed by atoms with Gasteiger partial charge in [0, 0.05) is 12.6 Å². The molecule has 0 saturated carbocycles. The van der Waals surface area contributed by atoms with Crippen molar-refractivity contribution in [2.24, 2.45) is 4.99 Å². The molecule has 0 aliphatic rings. The highest BCUT2D eigenvalue weighted by atomic mass is 16.5. The number of hydrogen-bond donors (Lipinski definition) is 2. The van der Waals surface area contributed by atoms with Gasteiger partial charge >= 0.3 is 6.01 Å². The number of nitrogens with one attached hydrogen (secondary N) is 1. The summed E-state index contributed by atoms with van der Waals surface area (Å²) >= 11 is 0. The van der Waals surface area contributed by atoms with Crippen molar-refractivity contribution in [3.63, 3.8) is 0 Å². The molecule has 0 spiro atoms. The molecule has 5 heteroatoms. The zero-order valence-electron chi connectivity index (χ0n) is 7.03. The summed E-state index contributed by atoms with van der Waals surface area (Å²) in [6.07, 6.45) is 0. The van der Waals surface area contributed by atoms with Gasteiger partial charge in [-0.05, 0) is 13.8 Å². The van der Waals surface area contributed by atoms with Gasteiger partial charge in [0.2, 0.25) is 5.49 Å². The SMILES string of the molecule is CC/N=c1\cc(C)[n+]([O-])c(O)[nH]1. The van der Waals surface area contributed by atoms with E-state index >= 15 is 0 Å². The maximum atomic E-state index is 10.9. The predicted octanol–water partition coefficient (Wildman–Crippen LogP) is -0.417. The molecule has 0 amide bonds. The molecule has 5 nitrogen and oxygen atoms in total. The van der Waals surface area contributed by atoms with Crippen LogP contribution in [0, 0.1) is 12.1 Å². The van der Waals surface area contributed by atoms with Crippen LogP contribution in [0.1, 0.15) is 12.6 Å². The van der Waals surface area contributed by atoms with Crippen LogP contribution >= 0.6 is 0 Å². The Morgan fingerprint density at radius 1 is 1.75 bits per heavy atom. The van der Waals surface area contributed by atoms with E-state index in [1.165, 1.54) is 0 Å². The van der Waals surface area contributed by atoms with Crippen molar-refractivity contribution < 1.29 is 9.84 Å². The number of nitrogens with zero attached hydrogens (tertiary/aromatic N) is 2. The number of aromatic hydroxyl groups is 1. The topological polar surface area (TPSA) is 75.3 Å². The third-order valence-corrected chi connectivity index (χ3v) is 1.43. The van der Waals surface area contributed by atoms with Gasteiger partial charge in [0.1, 0.15) is 5.69 Å². The summed E-state index contributed by atoms with van der Waals surface area (Å²) in [5, 5.41) is 20.0. The van der Waals surface area contributed by atoms with Crippen molar-refractivity contribution in [2.45, 2.75) is 13.8 Å². The minimum Gasteiger partial charge on any atom is -0.708 e. The average Bonchev–Trinajstić information content (AvgIpc) is 2.01. The van der Waals surface area contributed by atoms with Crippen LogP contribution in [0.4, 0.5) is 0 Å². The lowest BCUT2D eigenvalue weighted by Crippen LogP contribution is -2.34. The van der Waals surface area contributed by atoms with Gasteiger partial charge in [0.15, 0.2) is 0 Å². The number of rotatable bonds is 1. The number of aryl methyl sites for hydroxylation is 1. The monoisotopic (exact) mass is 169 g/mol. The van der Waals surface area contributed by atoms with E-state index in [1.54, 1.807) is 13.0 Å². The van der Waals surface area contributed by atoms with Crippen LogP contribution in [0.25, 0.3) is 0 Å². The Labute approximate surface area is 69.6 Å². The van der Waals surface area contributed by atoms with Gasteiger partial charge in [-0.2, -0.15) is 4.98 Å². The van der Waals surface area contributed by atoms with E-state index in [0.29, 0.717) is 22.5 Å². The quantitative estimate of drug-likeness (QED) is 0.442. The van der Waals surface area contributed by atoms with E-state index in [0.717, 1.165) is 0 Å². The summed E-state index contributed by atoms with van der Waals surface area (Å²) in [4.78, 5) is 6.46. The Morgan fingerprint density at radius 3 is 2.92 bits per heavy atom. The van der Waals surface area contributed by atoms with Crippen molar-refractivity contribution in [1.82, 2.24) is 4.98 Å². The molecule has 0 saturated heterocycles. The Hall–Kier alpha value is -1.52. The number of hydrogen-bond acceptors (Lipinski definition) is 3. The number of aromatic nitrogens is 2. The summed E-state index contributed by atoms with van der Waals surface area (Å²) in [5.74, 6) is 0. The van der Waals surface area contributed by atoms with Crippen LogP contribution < -0.4 is 10.2 Å². The Balaban J connectivity index is 3.31. The summed E-state index contributed by atoms with van der Waals surface area (Å²) in [6, 6.07) is 1.15. The van der Waals surface area contributed by atoms with Crippen molar-refractivity contribution >= 4 is 0 Å². The summed E-state index contributed by atoms with van der Waals surface area (Å²) < 4.78 is 0.411. The molecule has 1 aromatic rings. The van der Waals surface area contributed by atoms with Crippen LogP contribution in [0.15, 0.2) is 11.1 Å². The molecule has 2 N–H and O–H groups in total. The molecule has 0 aromatic carbocycles. The second-order valence-corrected chi connectivity index (χ2v) is 2.39. The molecule has 1 rings (SSSR count). The van der Waals surface area contributed by atoms with Gasteiger partial charge in [-0.3, -0.25) is 0 Å². The van der Waals surface area contributed by atoms with Gasteiger partial charge in [0.05, 0.1) is 0 Å². The molecule has 0 bridgehead atoms. The molecule has 0 radical (unpaired) electrons. The van der Waals surface area contributed by atoms with Crippen LogP contribution in [0.3, 0.4) is 0 Å². The molecule has 0 aliphatic heterocycles. The lowest BCUT2D eigenvalue weighted by molar-refractivity contribution is -0.623. The van der Waals surface area contributed by atoms with Gasteiger partial charge in [-0.15, -0.1) is 0 Å². The third kappa shape index (κ3) is 1.55. The lowest BCUT2D eigenvalue weighted by Gasteiger charge is -2.04. The second kappa shape index (κ2) is 3.25. The number of H-pyrrole nitrogens is 1. The maximum Gasteiger partial charge on any atom is 0.456 e. The van der Waals surface area contributed by atoms with E-state index in [2.05, 4.69) is 9.98 Å². The van der Waals surface area contributed by atoms with Crippen LogP contribution in [0.5, 0.6) is 6.01 Å². The average molecular weight is 169 g/mol. The maximum absolute atomic E-state index is 10.9. The molecule has 0 fully saturated rings. The van der Waals surface area contributed by atoms with E-state index in [-0.39, 0.29) is 0 Å². The zero-order valence-corrected chi connectivity index (χ0v) is 7.03. The molecule has 12 heavy (non-hydrogen) atoms. The van der Waals surface area contributed by atoms with Crippen LogP contribution in [-0.4, -0.2) is 16.6 Å². The highest BCUT2D eigenvalue weighted by Gasteiger charge is 2.03. The Bertz CT molecular complexity index is 317. The fourth-order valence-corrected chi connectivity index (χ4v) is 0.880. The third-order valence-electron chi connectivity index (χ3n) is 1.43. The largest absolute Gasteiger partial charge is 0.708 e. The minimum absolute atomic E-state index is 0.411. The Morgan fingerprint density at radius 2 is 2.42 bits per heavy atom. The van der Waals surface area contributed by atoms with E-state index < -0.39 is 6.01 Å². The van der Waals surface area contributed by atoms with Crippen molar-refractivity contribution in [1.29, 1.82) is 0 Å². The molecule has 1 heterocycles. The first kappa shape index (κ1) is 8.58. The van der Waals surface area contributed by atoms with Gasteiger partial charge in [0.25, 0.3) is 0 Å². The molecule has 66 valence electrons. The molecule has 1 aromatic heterocycles. The smallest absolute Gasteiger partial charge is 0.456 e. The normalized spacial score (nSPS) is 12.0. The predicted molar refractivity (Wildman–Crippen MR) is 42.3 cm³/mol. The standard InChI is InChI=1S/C7H11N3O2/c1-3-8-6-4-5(2)10(12)7(11)9-6/h4H,3H2,1-2H3,(H2,8,9,11). The van der Waals surface area contributed by atoms with E-state index in [9.17, 15) is 5.21 Å². The number of aromatic amines is 1. The van der Waals surface area contributed by atoms with Gasteiger partial charge < -0.3 is 10.3 Å². The first-order valence-electron chi connectivity index (χ1n) is 3.68. The van der Waals surface area contributed by atoms with Crippen LogP contribution in [-0.2, 0) is 0 Å². The van der Waals surface area contributed by atoms with Gasteiger partial charge in [-0.25, -0.2) is 9.72 Å². The van der Waals surface area contributed by atoms with Crippen molar-refractivity contribution in [3.05, 3.63) is 22.5 Å². The van der Waals surface area contributed by atoms with Gasteiger partial charge in [-0.1, -0.05) is 0 Å². The molecule has 0 aliphatic carbocycles. The molecule has 0 unspecified atom stereocenters. The minimum atomic E-state index is -0.429. The van der Waals surface area contributed by atoms with E-state index in [1.807, 2.05) is 6.92 Å². The van der Waals surface area contributed by atoms with Crippen molar-refractivity contribution in [3.8, 4) is 6.01 Å². The highest BCUT2D eigenvalue weighted by Crippen LogP contribution is 1.90. The van der Waals surface area contributed by atoms with Crippen molar-refractivity contribution in [2.75, 3.05) is 6.54 Å². The van der Waals surface area contributed by atoms with Crippen LogP contribution in [0.2, 0.25) is 0 Å². The Kier molecular flexibility index (Phi) is 2.32. The van der Waals surface area contributed by atoms with E-state index in [4.69, 9.17) is 5.11 Å². The lowest BCUT2D eigenvalue weighted by atomic mass is 10.4. The summed E-state index contributed by atoms with van der Waals surface area (Å²) in [6.45, 7) is 4.09. The first-order valence-corrected chi connectivity index (χ1v) is 3.68. The second-order valence-electron chi connectivity index (χ2n) is 2.39.